The number of halogens is 1. The monoisotopic (exact) mass is 356 g/mol. The summed E-state index contributed by atoms with van der Waals surface area (Å²) in [6.45, 7) is 8.24. The largest absolute Gasteiger partial charge is 0.311 e. The lowest BCUT2D eigenvalue weighted by Crippen LogP contribution is -2.58. The summed E-state index contributed by atoms with van der Waals surface area (Å²) in [6.07, 6.45) is 4.14. The van der Waals surface area contributed by atoms with Gasteiger partial charge in [0.1, 0.15) is 0 Å². The Kier molecular flexibility index (Phi) is 4.86. The van der Waals surface area contributed by atoms with Crippen LogP contribution in [0.15, 0.2) is 15.9 Å². The molecule has 1 aliphatic heterocycles. The molecule has 0 amide bonds. The molecule has 4 heteroatoms. The van der Waals surface area contributed by atoms with Gasteiger partial charge in [-0.1, -0.05) is 20.3 Å². The van der Waals surface area contributed by atoms with Gasteiger partial charge in [0.2, 0.25) is 0 Å². The van der Waals surface area contributed by atoms with Crippen LogP contribution in [0, 0.1) is 11.8 Å². The van der Waals surface area contributed by atoms with E-state index < -0.39 is 0 Å². The zero-order valence-corrected chi connectivity index (χ0v) is 14.8. The predicted octanol–water partition coefficient (Wildman–Crippen LogP) is 4.11. The van der Waals surface area contributed by atoms with E-state index in [1.54, 1.807) is 0 Å². The van der Waals surface area contributed by atoms with E-state index in [9.17, 15) is 0 Å². The van der Waals surface area contributed by atoms with Crippen molar-refractivity contribution in [2.45, 2.75) is 51.7 Å². The van der Waals surface area contributed by atoms with Gasteiger partial charge in [0.15, 0.2) is 0 Å². The minimum Gasteiger partial charge on any atom is -0.311 e. The molecule has 1 aliphatic carbocycles. The van der Waals surface area contributed by atoms with Gasteiger partial charge in [0, 0.05) is 36.6 Å². The molecule has 2 fully saturated rings. The van der Waals surface area contributed by atoms with Crippen molar-refractivity contribution in [3.05, 3.63) is 20.8 Å². The molecule has 1 aromatic rings. The molecule has 1 aromatic heterocycles. The van der Waals surface area contributed by atoms with Crippen LogP contribution in [0.2, 0.25) is 0 Å². The minimum atomic E-state index is 0.691. The highest BCUT2D eigenvalue weighted by Crippen LogP contribution is 2.35. The van der Waals surface area contributed by atoms with E-state index >= 15 is 0 Å². The molecule has 0 spiro atoms. The number of piperazine rings is 1. The second-order valence-electron chi connectivity index (χ2n) is 6.44. The van der Waals surface area contributed by atoms with Crippen LogP contribution in [0.25, 0.3) is 0 Å². The first-order valence-electron chi connectivity index (χ1n) is 7.89. The zero-order chi connectivity index (χ0) is 14.1. The van der Waals surface area contributed by atoms with Crippen molar-refractivity contribution >= 4 is 27.3 Å². The molecule has 112 valence electrons. The molecule has 3 rings (SSSR count). The molecule has 20 heavy (non-hydrogen) atoms. The Labute approximate surface area is 135 Å². The quantitative estimate of drug-likeness (QED) is 0.853. The third kappa shape index (κ3) is 3.46. The summed E-state index contributed by atoms with van der Waals surface area (Å²) in [6, 6.07) is 5.88. The van der Waals surface area contributed by atoms with E-state index in [1.165, 1.54) is 41.0 Å². The summed E-state index contributed by atoms with van der Waals surface area (Å²) < 4.78 is 1.25. The molecule has 0 aromatic carbocycles. The van der Waals surface area contributed by atoms with Crippen molar-refractivity contribution in [3.63, 3.8) is 0 Å². The average Bonchev–Trinajstić information content (AvgIpc) is 3.22. The van der Waals surface area contributed by atoms with Crippen LogP contribution < -0.4 is 5.32 Å². The first kappa shape index (κ1) is 15.0. The highest BCUT2D eigenvalue weighted by atomic mass is 79.9. The number of nitrogens with zero attached hydrogens (tertiary/aromatic N) is 1. The van der Waals surface area contributed by atoms with E-state index in [0.717, 1.165) is 24.4 Å². The second-order valence-corrected chi connectivity index (χ2v) is 8.99. The lowest BCUT2D eigenvalue weighted by atomic mass is 9.93. The Bertz CT molecular complexity index is 443. The molecule has 3 unspecified atom stereocenters. The summed E-state index contributed by atoms with van der Waals surface area (Å²) in [5.41, 5.74) is 0. The Hall–Kier alpha value is 0.1000. The molecule has 2 aliphatic rings. The van der Waals surface area contributed by atoms with Gasteiger partial charge in [-0.05, 0) is 52.7 Å². The van der Waals surface area contributed by atoms with Crippen molar-refractivity contribution in [2.24, 2.45) is 11.8 Å². The smallest absolute Gasteiger partial charge is 0.0701 e. The summed E-state index contributed by atoms with van der Waals surface area (Å²) in [4.78, 5) is 4.23. The van der Waals surface area contributed by atoms with Gasteiger partial charge in [-0.15, -0.1) is 11.3 Å². The fourth-order valence-electron chi connectivity index (χ4n) is 3.32. The normalized spacial score (nSPS) is 29.6. The summed E-state index contributed by atoms with van der Waals surface area (Å²) in [5.74, 6) is 1.72. The second kappa shape index (κ2) is 6.47. The predicted molar refractivity (Wildman–Crippen MR) is 90.2 cm³/mol. The van der Waals surface area contributed by atoms with Crippen LogP contribution >= 0.6 is 27.3 Å². The number of hydrogen-bond donors (Lipinski definition) is 1. The third-order valence-corrected chi connectivity index (χ3v) is 6.58. The van der Waals surface area contributed by atoms with Gasteiger partial charge in [0.05, 0.1) is 3.79 Å². The van der Waals surface area contributed by atoms with Crippen LogP contribution in [0.5, 0.6) is 0 Å². The highest BCUT2D eigenvalue weighted by Gasteiger charge is 2.38. The molecular weight excluding hydrogens is 332 g/mol. The van der Waals surface area contributed by atoms with Crippen molar-refractivity contribution in [3.8, 4) is 0 Å². The Balaban J connectivity index is 1.69. The van der Waals surface area contributed by atoms with Gasteiger partial charge in [-0.3, -0.25) is 4.90 Å². The van der Waals surface area contributed by atoms with Crippen LogP contribution in [0.1, 0.15) is 38.0 Å². The zero-order valence-electron chi connectivity index (χ0n) is 12.4. The Morgan fingerprint density at radius 3 is 2.85 bits per heavy atom. The molecule has 0 bridgehead atoms. The van der Waals surface area contributed by atoms with Crippen molar-refractivity contribution in [2.75, 3.05) is 13.1 Å². The fourth-order valence-corrected chi connectivity index (χ4v) is 4.83. The SMILES string of the molecule is CCC(C)C1CNC(C2CC2)CN1Cc1ccc(Br)s1. The number of hydrogen-bond acceptors (Lipinski definition) is 3. The summed E-state index contributed by atoms with van der Waals surface area (Å²) in [7, 11) is 0. The van der Waals surface area contributed by atoms with Crippen LogP contribution in [-0.4, -0.2) is 30.1 Å². The highest BCUT2D eigenvalue weighted by molar-refractivity contribution is 9.11. The van der Waals surface area contributed by atoms with E-state index in [1.807, 2.05) is 11.3 Å². The van der Waals surface area contributed by atoms with Gasteiger partial charge in [-0.25, -0.2) is 0 Å². The van der Waals surface area contributed by atoms with E-state index in [2.05, 4.69) is 52.1 Å². The van der Waals surface area contributed by atoms with Gasteiger partial charge >= 0.3 is 0 Å². The number of rotatable bonds is 5. The summed E-state index contributed by atoms with van der Waals surface area (Å²) >= 11 is 5.47. The molecule has 0 radical (unpaired) electrons. The van der Waals surface area contributed by atoms with Crippen molar-refractivity contribution in [1.82, 2.24) is 10.2 Å². The number of nitrogens with one attached hydrogen (secondary N) is 1. The van der Waals surface area contributed by atoms with Gasteiger partial charge < -0.3 is 5.32 Å². The van der Waals surface area contributed by atoms with Gasteiger partial charge in [0.25, 0.3) is 0 Å². The Morgan fingerprint density at radius 1 is 1.45 bits per heavy atom. The molecule has 2 nitrogen and oxygen atoms in total. The molecule has 1 N–H and O–H groups in total. The van der Waals surface area contributed by atoms with Crippen LogP contribution in [-0.2, 0) is 6.54 Å². The molecule has 3 atom stereocenters. The maximum absolute atomic E-state index is 3.82. The molecule has 1 saturated heterocycles. The van der Waals surface area contributed by atoms with E-state index in [4.69, 9.17) is 0 Å². The van der Waals surface area contributed by atoms with Gasteiger partial charge in [-0.2, -0.15) is 0 Å². The Morgan fingerprint density at radius 2 is 2.25 bits per heavy atom. The minimum absolute atomic E-state index is 0.691. The van der Waals surface area contributed by atoms with Crippen LogP contribution in [0.3, 0.4) is 0 Å². The standard InChI is InChI=1S/C16H25BrN2S/c1-3-11(2)15-8-18-14(12-4-5-12)10-19(15)9-13-6-7-16(17)20-13/h6-7,11-12,14-15,18H,3-5,8-10H2,1-2H3. The van der Waals surface area contributed by atoms with Crippen LogP contribution in [0.4, 0.5) is 0 Å². The maximum atomic E-state index is 3.82. The number of thiophene rings is 1. The molecule has 2 heterocycles. The van der Waals surface area contributed by atoms with Crippen molar-refractivity contribution in [1.29, 1.82) is 0 Å². The lowest BCUT2D eigenvalue weighted by Gasteiger charge is -2.43. The maximum Gasteiger partial charge on any atom is 0.0701 e. The topological polar surface area (TPSA) is 15.3 Å². The third-order valence-electron chi connectivity index (χ3n) is 4.97. The first-order valence-corrected chi connectivity index (χ1v) is 9.50. The average molecular weight is 357 g/mol. The molecule has 1 saturated carbocycles. The molecular formula is C16H25BrN2S. The fraction of sp³-hybridized carbons (Fsp3) is 0.750. The summed E-state index contributed by atoms with van der Waals surface area (Å²) in [5, 5.41) is 3.82. The van der Waals surface area contributed by atoms with E-state index in [-0.39, 0.29) is 0 Å². The van der Waals surface area contributed by atoms with Crippen molar-refractivity contribution < 1.29 is 0 Å². The lowest BCUT2D eigenvalue weighted by molar-refractivity contribution is 0.0796. The first-order chi connectivity index (χ1) is 9.67. The van der Waals surface area contributed by atoms with E-state index in [0.29, 0.717) is 6.04 Å².